The quantitative estimate of drug-likeness (QED) is 0.118. The minimum atomic E-state index is -4.16. The Bertz CT molecular complexity index is 1990. The van der Waals surface area contributed by atoms with Crippen molar-refractivity contribution >= 4 is 61.7 Å². The molecule has 18 heteroatoms. The number of likely N-dealkylation sites (tertiary alicyclic amines) is 1. The molecule has 7 N–H and O–H groups in total. The SMILES string of the molecule is CC(=O)O.CC(=O)O.CC(=O)O.CN(C(=O)C(Cn1c(=O)oc2ccccc21)NS(=O)(=O)c1ccc2ccccc2c1)C1CCCN(C(=N)N)C1. The maximum atomic E-state index is 13.9. The Morgan fingerprint density at radius 3 is 2.10 bits per heavy atom. The Balaban J connectivity index is 0.000000654. The monoisotopic (exact) mass is 730 g/mol. The number of nitrogens with one attached hydrogen (secondary N) is 2. The van der Waals surface area contributed by atoms with Gasteiger partial charge in [0.25, 0.3) is 17.9 Å². The van der Waals surface area contributed by atoms with Crippen LogP contribution in [-0.2, 0) is 35.7 Å². The molecule has 1 aliphatic heterocycles. The Labute approximate surface area is 293 Å². The second-order valence-electron chi connectivity index (χ2n) is 11.3. The van der Waals surface area contributed by atoms with Gasteiger partial charge in [0.05, 0.1) is 17.0 Å². The molecule has 0 aliphatic carbocycles. The van der Waals surface area contributed by atoms with Crippen LogP contribution in [0.5, 0.6) is 0 Å². The number of nitrogens with zero attached hydrogens (tertiary/aromatic N) is 3. The van der Waals surface area contributed by atoms with Gasteiger partial charge in [0, 0.05) is 47.0 Å². The van der Waals surface area contributed by atoms with E-state index in [1.54, 1.807) is 48.3 Å². The van der Waals surface area contributed by atoms with Crippen molar-refractivity contribution in [1.29, 1.82) is 5.41 Å². The summed E-state index contributed by atoms with van der Waals surface area (Å²) in [6.45, 7) is 3.95. The Hall–Kier alpha value is -5.75. The number of aliphatic carboxylic acids is 3. The lowest BCUT2D eigenvalue weighted by molar-refractivity contribution is -0.135. The highest BCUT2D eigenvalue weighted by molar-refractivity contribution is 7.89. The number of oxazole rings is 1. The van der Waals surface area contributed by atoms with Crippen LogP contribution in [-0.4, -0.2) is 100 Å². The van der Waals surface area contributed by atoms with E-state index in [1.165, 1.54) is 15.5 Å². The van der Waals surface area contributed by atoms with Crippen molar-refractivity contribution in [3.63, 3.8) is 0 Å². The molecular formula is C33H42N6O11S. The van der Waals surface area contributed by atoms with E-state index in [1.807, 2.05) is 24.3 Å². The van der Waals surface area contributed by atoms with Gasteiger partial charge in [-0.15, -0.1) is 0 Å². The summed E-state index contributed by atoms with van der Waals surface area (Å²) >= 11 is 0. The fourth-order valence-electron chi connectivity index (χ4n) is 5.04. The van der Waals surface area contributed by atoms with Crippen LogP contribution in [0.2, 0.25) is 0 Å². The summed E-state index contributed by atoms with van der Waals surface area (Å²) < 4.78 is 36.3. The molecule has 0 saturated carbocycles. The maximum absolute atomic E-state index is 13.9. The van der Waals surface area contributed by atoms with Gasteiger partial charge in [-0.1, -0.05) is 42.5 Å². The first-order valence-electron chi connectivity index (χ1n) is 15.4. The molecule has 51 heavy (non-hydrogen) atoms. The average Bonchev–Trinajstić information content (AvgIpc) is 3.37. The summed E-state index contributed by atoms with van der Waals surface area (Å²) in [5, 5.41) is 31.6. The van der Waals surface area contributed by atoms with Gasteiger partial charge in [0.15, 0.2) is 11.5 Å². The maximum Gasteiger partial charge on any atom is 0.420 e. The second-order valence-corrected chi connectivity index (χ2v) is 13.0. The van der Waals surface area contributed by atoms with Gasteiger partial charge in [-0.3, -0.25) is 29.2 Å². The number of aromatic nitrogens is 1. The Morgan fingerprint density at radius 1 is 0.961 bits per heavy atom. The Morgan fingerprint density at radius 2 is 1.51 bits per heavy atom. The first kappa shape index (κ1) is 41.4. The highest BCUT2D eigenvalue weighted by Gasteiger charge is 2.34. The van der Waals surface area contributed by atoms with E-state index in [9.17, 15) is 18.0 Å². The summed E-state index contributed by atoms with van der Waals surface area (Å²) in [6, 6.07) is 17.3. The van der Waals surface area contributed by atoms with E-state index in [4.69, 9.17) is 45.3 Å². The third-order valence-corrected chi connectivity index (χ3v) is 8.67. The molecular weight excluding hydrogens is 688 g/mol. The van der Waals surface area contributed by atoms with Gasteiger partial charge in [0.1, 0.15) is 6.04 Å². The van der Waals surface area contributed by atoms with Crippen LogP contribution in [0.4, 0.5) is 0 Å². The summed E-state index contributed by atoms with van der Waals surface area (Å²) in [5.41, 5.74) is 6.47. The molecule has 1 fully saturated rings. The number of benzene rings is 3. The predicted molar refractivity (Wildman–Crippen MR) is 188 cm³/mol. The first-order valence-corrected chi connectivity index (χ1v) is 16.9. The zero-order valence-corrected chi connectivity index (χ0v) is 29.3. The fraction of sp³-hybridized carbons (Fsp3) is 0.333. The zero-order chi connectivity index (χ0) is 38.5. The third-order valence-electron chi connectivity index (χ3n) is 7.20. The number of hydrogen-bond acceptors (Lipinski definition) is 9. The molecule has 1 aliphatic rings. The van der Waals surface area contributed by atoms with Crippen molar-refractivity contribution < 1.29 is 47.3 Å². The number of sulfonamides is 1. The van der Waals surface area contributed by atoms with E-state index >= 15 is 0 Å². The molecule has 1 amide bonds. The minimum Gasteiger partial charge on any atom is -0.481 e. The molecule has 0 spiro atoms. The molecule has 2 atom stereocenters. The van der Waals surface area contributed by atoms with Crippen molar-refractivity contribution in [3.05, 3.63) is 77.3 Å². The number of rotatable bonds is 7. The van der Waals surface area contributed by atoms with Crippen LogP contribution in [0.25, 0.3) is 21.9 Å². The van der Waals surface area contributed by atoms with Gasteiger partial charge < -0.3 is 35.3 Å². The van der Waals surface area contributed by atoms with E-state index in [0.29, 0.717) is 30.6 Å². The number of amides is 1. The van der Waals surface area contributed by atoms with Crippen LogP contribution in [0.3, 0.4) is 0 Å². The van der Waals surface area contributed by atoms with Crippen LogP contribution in [0, 0.1) is 5.41 Å². The zero-order valence-electron chi connectivity index (χ0n) is 28.5. The van der Waals surface area contributed by atoms with Crippen LogP contribution in [0.15, 0.2) is 80.8 Å². The number of carbonyl (C=O) groups is 4. The van der Waals surface area contributed by atoms with Gasteiger partial charge in [-0.25, -0.2) is 13.2 Å². The average molecular weight is 731 g/mol. The lowest BCUT2D eigenvalue weighted by Crippen LogP contribution is -2.57. The summed E-state index contributed by atoms with van der Waals surface area (Å²) in [4.78, 5) is 56.8. The molecule has 0 bridgehead atoms. The van der Waals surface area contributed by atoms with Gasteiger partial charge in [-0.05, 0) is 47.9 Å². The number of piperidine rings is 1. The molecule has 0 radical (unpaired) electrons. The number of carboxylic acids is 3. The van der Waals surface area contributed by atoms with Crippen molar-refractivity contribution in [2.24, 2.45) is 5.73 Å². The molecule has 3 aromatic carbocycles. The summed E-state index contributed by atoms with van der Waals surface area (Å²) in [7, 11) is -2.56. The van der Waals surface area contributed by atoms with Crippen molar-refractivity contribution in [2.75, 3.05) is 20.1 Å². The van der Waals surface area contributed by atoms with Crippen molar-refractivity contribution in [2.45, 2.75) is 57.1 Å². The van der Waals surface area contributed by atoms with Crippen molar-refractivity contribution in [3.8, 4) is 0 Å². The number of carbonyl (C=O) groups excluding carboxylic acids is 1. The molecule has 276 valence electrons. The van der Waals surface area contributed by atoms with Gasteiger partial charge >= 0.3 is 5.76 Å². The standard InChI is InChI=1S/C27H30N6O5S.3C2H4O2/c1-31(20-9-6-14-32(16-20)26(28)29)25(34)22(17-33-23-10-4-5-11-24(23)38-27(33)35)30-39(36,37)21-13-12-18-7-2-3-8-19(18)15-21;3*1-2(3)4/h2-5,7-8,10-13,15,20,22,30H,6,9,14,16-17H2,1H3,(H3,28,29);3*1H3,(H,3,4). The number of nitrogens with two attached hydrogens (primary N) is 1. The van der Waals surface area contributed by atoms with Crippen molar-refractivity contribution in [1.82, 2.24) is 19.1 Å². The lowest BCUT2D eigenvalue weighted by atomic mass is 10.0. The van der Waals surface area contributed by atoms with Crippen LogP contribution < -0.4 is 16.2 Å². The summed E-state index contributed by atoms with van der Waals surface area (Å²) in [5.74, 6) is -3.78. The van der Waals surface area contributed by atoms with Gasteiger partial charge in [0.2, 0.25) is 15.9 Å². The predicted octanol–water partition coefficient (Wildman–Crippen LogP) is 2.18. The van der Waals surface area contributed by atoms with E-state index in [2.05, 4.69) is 4.72 Å². The van der Waals surface area contributed by atoms with E-state index in [-0.39, 0.29) is 23.4 Å². The topological polar surface area (TPSA) is 267 Å². The molecule has 1 aromatic heterocycles. The molecule has 1 saturated heterocycles. The molecule has 2 heterocycles. The number of fused-ring (bicyclic) bond motifs is 2. The number of guanidine groups is 1. The Kier molecular flexibility index (Phi) is 15.3. The molecule has 5 rings (SSSR count). The van der Waals surface area contributed by atoms with Gasteiger partial charge in [-0.2, -0.15) is 4.72 Å². The second kappa shape index (κ2) is 18.9. The first-order chi connectivity index (χ1) is 23.8. The lowest BCUT2D eigenvalue weighted by Gasteiger charge is -2.39. The normalized spacial score (nSPS) is 14.4. The van der Waals surface area contributed by atoms with Crippen LogP contribution >= 0.6 is 0 Å². The largest absolute Gasteiger partial charge is 0.481 e. The highest BCUT2D eigenvalue weighted by atomic mass is 32.2. The van der Waals surface area contributed by atoms with E-state index < -0.39 is 45.6 Å². The van der Waals surface area contributed by atoms with E-state index in [0.717, 1.165) is 38.0 Å². The highest BCUT2D eigenvalue weighted by Crippen LogP contribution is 2.21. The number of para-hydroxylation sites is 2. The smallest absolute Gasteiger partial charge is 0.420 e. The number of hydrogen-bond donors (Lipinski definition) is 6. The number of carboxylic acid groups (broad SMARTS) is 3. The molecule has 2 unspecified atom stereocenters. The third kappa shape index (κ3) is 12.9. The fourth-order valence-corrected chi connectivity index (χ4v) is 6.26. The molecule has 17 nitrogen and oxygen atoms in total. The minimum absolute atomic E-state index is 0.00599. The van der Waals surface area contributed by atoms with Crippen LogP contribution in [0.1, 0.15) is 33.6 Å². The number of likely N-dealkylation sites (N-methyl/N-ethyl adjacent to an activating group) is 1. The summed E-state index contributed by atoms with van der Waals surface area (Å²) in [6.07, 6.45) is 1.39. The molecule has 4 aromatic rings.